The van der Waals surface area contributed by atoms with Crippen molar-refractivity contribution in [2.45, 2.75) is 13.0 Å². The van der Waals surface area contributed by atoms with E-state index < -0.39 is 0 Å². The number of nitrogens with one attached hydrogen (secondary N) is 3. The van der Waals surface area contributed by atoms with Crippen molar-refractivity contribution in [2.75, 3.05) is 13.1 Å². The maximum Gasteiger partial charge on any atom is 0.315 e. The first-order valence-corrected chi connectivity index (χ1v) is 7.98. The third-order valence-electron chi connectivity index (χ3n) is 3.66. The smallest absolute Gasteiger partial charge is 0.315 e. The first kappa shape index (κ1) is 16.6. The van der Waals surface area contributed by atoms with Gasteiger partial charge in [0.2, 0.25) is 0 Å². The van der Waals surface area contributed by atoms with Crippen molar-refractivity contribution in [1.82, 2.24) is 16.0 Å². The molecule has 3 rings (SSSR count). The van der Waals surface area contributed by atoms with Gasteiger partial charge in [-0.05, 0) is 31.2 Å². The van der Waals surface area contributed by atoms with Crippen molar-refractivity contribution >= 4 is 22.9 Å². The van der Waals surface area contributed by atoms with Crippen molar-refractivity contribution in [1.29, 1.82) is 0 Å². The Morgan fingerprint density at radius 2 is 1.88 bits per heavy atom. The molecule has 0 spiro atoms. The number of carbonyl (C=O) groups excluding carboxylic acids is 2. The van der Waals surface area contributed by atoms with E-state index in [4.69, 9.17) is 8.83 Å². The summed E-state index contributed by atoms with van der Waals surface area (Å²) >= 11 is 0. The van der Waals surface area contributed by atoms with Crippen LogP contribution in [0.15, 0.2) is 57.6 Å². The van der Waals surface area contributed by atoms with Crippen molar-refractivity contribution in [3.8, 4) is 0 Å². The molecule has 0 aliphatic heterocycles. The van der Waals surface area contributed by atoms with E-state index in [2.05, 4.69) is 16.0 Å². The molecule has 0 saturated carbocycles. The van der Waals surface area contributed by atoms with E-state index in [-0.39, 0.29) is 23.7 Å². The predicted molar refractivity (Wildman–Crippen MR) is 92.2 cm³/mol. The summed E-state index contributed by atoms with van der Waals surface area (Å²) in [4.78, 5) is 23.6. The van der Waals surface area contributed by atoms with E-state index in [1.807, 2.05) is 37.3 Å². The van der Waals surface area contributed by atoms with Crippen LogP contribution >= 0.6 is 0 Å². The standard InChI is InChI=1S/C18H19N3O4/c1-12(16-11-13-5-2-3-6-14(13)25-16)21-18(23)20-9-8-19-17(22)15-7-4-10-24-15/h2-7,10-12H,8-9H2,1H3,(H,19,22)(H2,20,21,23). The zero-order valence-corrected chi connectivity index (χ0v) is 13.7. The van der Waals surface area contributed by atoms with Gasteiger partial charge in [0.25, 0.3) is 5.91 Å². The summed E-state index contributed by atoms with van der Waals surface area (Å²) in [5.41, 5.74) is 0.784. The van der Waals surface area contributed by atoms with Gasteiger partial charge in [-0.2, -0.15) is 0 Å². The van der Waals surface area contributed by atoms with Crippen LogP contribution in [0.2, 0.25) is 0 Å². The van der Waals surface area contributed by atoms with Crippen LogP contribution in [0.1, 0.15) is 29.3 Å². The topological polar surface area (TPSA) is 96.5 Å². The minimum Gasteiger partial charge on any atom is -0.459 e. The molecule has 1 atom stereocenters. The van der Waals surface area contributed by atoms with Gasteiger partial charge in [0, 0.05) is 18.5 Å². The van der Waals surface area contributed by atoms with Crippen LogP contribution in [0, 0.1) is 0 Å². The summed E-state index contributed by atoms with van der Waals surface area (Å²) in [6.45, 7) is 2.44. The molecule has 3 N–H and O–H groups in total. The SMILES string of the molecule is CC(NC(=O)NCCNC(=O)c1ccco1)c1cc2ccccc2o1. The molecule has 130 valence electrons. The fourth-order valence-corrected chi connectivity index (χ4v) is 2.38. The lowest BCUT2D eigenvalue weighted by Crippen LogP contribution is -2.41. The fourth-order valence-electron chi connectivity index (χ4n) is 2.38. The van der Waals surface area contributed by atoms with Crippen LogP contribution in [0.25, 0.3) is 11.0 Å². The van der Waals surface area contributed by atoms with E-state index in [0.717, 1.165) is 11.0 Å². The van der Waals surface area contributed by atoms with Gasteiger partial charge in [-0.25, -0.2) is 4.79 Å². The second-order valence-electron chi connectivity index (χ2n) is 5.54. The van der Waals surface area contributed by atoms with Gasteiger partial charge in [-0.3, -0.25) is 4.79 Å². The summed E-state index contributed by atoms with van der Waals surface area (Å²) in [5, 5.41) is 9.12. The molecule has 0 aliphatic carbocycles. The third-order valence-corrected chi connectivity index (χ3v) is 3.66. The highest BCUT2D eigenvalue weighted by atomic mass is 16.3. The predicted octanol–water partition coefficient (Wildman–Crippen LogP) is 2.82. The number of fused-ring (bicyclic) bond motifs is 1. The minimum atomic E-state index is -0.333. The average molecular weight is 341 g/mol. The molecular formula is C18H19N3O4. The van der Waals surface area contributed by atoms with Crippen LogP contribution in [0.5, 0.6) is 0 Å². The molecule has 0 fully saturated rings. The van der Waals surface area contributed by atoms with Gasteiger partial charge in [-0.1, -0.05) is 18.2 Å². The Balaban J connectivity index is 1.42. The number of urea groups is 1. The first-order valence-electron chi connectivity index (χ1n) is 7.98. The van der Waals surface area contributed by atoms with Crippen LogP contribution in [-0.4, -0.2) is 25.0 Å². The number of furan rings is 2. The number of benzene rings is 1. The molecule has 3 aromatic rings. The molecule has 3 amide bonds. The highest BCUT2D eigenvalue weighted by Gasteiger charge is 2.14. The number of hydrogen-bond donors (Lipinski definition) is 3. The molecule has 1 unspecified atom stereocenters. The van der Waals surface area contributed by atoms with Gasteiger partial charge >= 0.3 is 6.03 Å². The zero-order chi connectivity index (χ0) is 17.6. The second kappa shape index (κ2) is 7.57. The Labute approximate surface area is 144 Å². The van der Waals surface area contributed by atoms with Crippen molar-refractivity contribution in [2.24, 2.45) is 0 Å². The van der Waals surface area contributed by atoms with E-state index in [1.54, 1.807) is 12.1 Å². The Morgan fingerprint density at radius 3 is 2.64 bits per heavy atom. The molecule has 25 heavy (non-hydrogen) atoms. The van der Waals surface area contributed by atoms with E-state index in [9.17, 15) is 9.59 Å². The lowest BCUT2D eigenvalue weighted by atomic mass is 10.2. The largest absolute Gasteiger partial charge is 0.459 e. The van der Waals surface area contributed by atoms with Crippen LogP contribution in [0.3, 0.4) is 0 Å². The minimum absolute atomic E-state index is 0.239. The molecule has 0 saturated heterocycles. The summed E-state index contributed by atoms with van der Waals surface area (Å²) in [7, 11) is 0. The number of hydrogen-bond acceptors (Lipinski definition) is 4. The molecule has 0 radical (unpaired) electrons. The normalized spacial score (nSPS) is 11.9. The average Bonchev–Trinajstić information content (AvgIpc) is 3.27. The van der Waals surface area contributed by atoms with Gasteiger partial charge in [0.1, 0.15) is 11.3 Å². The van der Waals surface area contributed by atoms with E-state index in [0.29, 0.717) is 18.8 Å². The number of amides is 3. The number of rotatable bonds is 6. The lowest BCUT2D eigenvalue weighted by Gasteiger charge is -2.12. The molecule has 2 aromatic heterocycles. The Kier molecular flexibility index (Phi) is 5.03. The van der Waals surface area contributed by atoms with Gasteiger partial charge in [0.15, 0.2) is 5.76 Å². The van der Waals surface area contributed by atoms with Gasteiger partial charge < -0.3 is 24.8 Å². The summed E-state index contributed by atoms with van der Waals surface area (Å²) in [6.07, 6.45) is 1.43. The monoisotopic (exact) mass is 341 g/mol. The Hall–Kier alpha value is -3.22. The van der Waals surface area contributed by atoms with Crippen LogP contribution in [-0.2, 0) is 0 Å². The molecule has 0 aliphatic rings. The highest BCUT2D eigenvalue weighted by molar-refractivity contribution is 5.91. The Morgan fingerprint density at radius 1 is 1.08 bits per heavy atom. The zero-order valence-electron chi connectivity index (χ0n) is 13.7. The van der Waals surface area contributed by atoms with Crippen LogP contribution in [0.4, 0.5) is 4.79 Å². The summed E-state index contributed by atoms with van der Waals surface area (Å²) in [5.74, 6) is 0.605. The maximum absolute atomic E-state index is 11.9. The molecule has 7 nitrogen and oxygen atoms in total. The summed E-state index contributed by atoms with van der Waals surface area (Å²) < 4.78 is 10.7. The second-order valence-corrected chi connectivity index (χ2v) is 5.54. The number of para-hydroxylation sites is 1. The quantitative estimate of drug-likeness (QED) is 0.601. The highest BCUT2D eigenvalue weighted by Crippen LogP contribution is 2.23. The number of carbonyl (C=O) groups is 2. The van der Waals surface area contributed by atoms with Crippen molar-refractivity contribution in [3.05, 3.63) is 60.2 Å². The van der Waals surface area contributed by atoms with E-state index in [1.165, 1.54) is 6.26 Å². The van der Waals surface area contributed by atoms with Crippen molar-refractivity contribution < 1.29 is 18.4 Å². The molecule has 1 aromatic carbocycles. The summed E-state index contributed by atoms with van der Waals surface area (Å²) in [6, 6.07) is 12.2. The first-order chi connectivity index (χ1) is 12.1. The Bertz CT molecular complexity index is 821. The van der Waals surface area contributed by atoms with Crippen LogP contribution < -0.4 is 16.0 Å². The molecule has 7 heteroatoms. The third kappa shape index (κ3) is 4.20. The molecular weight excluding hydrogens is 322 g/mol. The van der Waals surface area contributed by atoms with Gasteiger partial charge in [0.05, 0.1) is 12.3 Å². The van der Waals surface area contributed by atoms with E-state index >= 15 is 0 Å². The molecule has 2 heterocycles. The molecule has 0 bridgehead atoms. The fraction of sp³-hybridized carbons (Fsp3) is 0.222. The maximum atomic E-state index is 11.9. The lowest BCUT2D eigenvalue weighted by molar-refractivity contribution is 0.0926. The van der Waals surface area contributed by atoms with Gasteiger partial charge in [-0.15, -0.1) is 0 Å². The van der Waals surface area contributed by atoms with Crippen molar-refractivity contribution in [3.63, 3.8) is 0 Å².